The largest absolute Gasteiger partial charge is 0.356 e. The van der Waals surface area contributed by atoms with Crippen LogP contribution in [0.3, 0.4) is 0 Å². The number of carbonyl (C=O) groups is 1. The molecule has 0 N–H and O–H groups in total. The molecule has 27 heavy (non-hydrogen) atoms. The summed E-state index contributed by atoms with van der Waals surface area (Å²) < 4.78 is 0. The molecule has 1 amide bonds. The van der Waals surface area contributed by atoms with E-state index >= 15 is 0 Å². The van der Waals surface area contributed by atoms with Crippen LogP contribution in [-0.4, -0.2) is 46.5 Å². The molecule has 0 spiro atoms. The number of rotatable bonds is 3. The number of carbonyl (C=O) groups excluding carboxylic acids is 1. The number of fused-ring (bicyclic) bond motifs is 1. The Bertz CT molecular complexity index is 809. The molecule has 1 aliphatic carbocycles. The van der Waals surface area contributed by atoms with Gasteiger partial charge in [0.15, 0.2) is 0 Å². The van der Waals surface area contributed by atoms with Gasteiger partial charge >= 0.3 is 0 Å². The monoisotopic (exact) mass is 384 g/mol. The van der Waals surface area contributed by atoms with Crippen molar-refractivity contribution in [2.45, 2.75) is 57.4 Å². The second-order valence-corrected chi connectivity index (χ2v) is 9.28. The van der Waals surface area contributed by atoms with Crippen LogP contribution in [0.5, 0.6) is 0 Å². The first-order chi connectivity index (χ1) is 13.3. The molecule has 2 aliphatic heterocycles. The highest BCUT2D eigenvalue weighted by atomic mass is 32.1. The van der Waals surface area contributed by atoms with E-state index in [9.17, 15) is 4.79 Å². The van der Waals surface area contributed by atoms with Crippen LogP contribution in [-0.2, 0) is 4.79 Å². The van der Waals surface area contributed by atoms with Crippen LogP contribution in [0.25, 0.3) is 10.2 Å². The Morgan fingerprint density at radius 1 is 1.00 bits per heavy atom. The van der Waals surface area contributed by atoms with Crippen molar-refractivity contribution in [1.29, 1.82) is 0 Å². The first-order valence-corrected chi connectivity index (χ1v) is 11.4. The van der Waals surface area contributed by atoms with Gasteiger partial charge in [-0.3, -0.25) is 4.79 Å². The van der Waals surface area contributed by atoms with Crippen molar-refractivity contribution in [3.8, 4) is 0 Å². The summed E-state index contributed by atoms with van der Waals surface area (Å²) in [6, 6.07) is 2.61. The number of likely N-dealkylation sites (tertiary alicyclic amines) is 1. The summed E-state index contributed by atoms with van der Waals surface area (Å²) in [5.41, 5.74) is 0. The second-order valence-electron chi connectivity index (χ2n) is 8.38. The first-order valence-electron chi connectivity index (χ1n) is 10.5. The van der Waals surface area contributed by atoms with Gasteiger partial charge in [0.2, 0.25) is 5.91 Å². The van der Waals surface area contributed by atoms with Crippen LogP contribution >= 0.6 is 11.3 Å². The molecule has 0 radical (unpaired) electrons. The quantitative estimate of drug-likeness (QED) is 0.800. The summed E-state index contributed by atoms with van der Waals surface area (Å²) in [7, 11) is 0. The Labute approximate surface area is 164 Å². The molecule has 2 aromatic heterocycles. The third kappa shape index (κ3) is 3.44. The highest BCUT2D eigenvalue weighted by molar-refractivity contribution is 7.16. The first kappa shape index (κ1) is 17.4. The van der Waals surface area contributed by atoms with E-state index in [1.165, 1.54) is 31.1 Å². The lowest BCUT2D eigenvalue weighted by atomic mass is 9.86. The molecule has 5 nitrogen and oxygen atoms in total. The maximum absolute atomic E-state index is 12.9. The molecule has 1 saturated carbocycles. The number of hydrogen-bond acceptors (Lipinski definition) is 5. The standard InChI is InChI=1S/C21H28N4OS/c26-21(16-5-6-16)25-10-3-1-2-4-18(25)15-7-11-24(12-8-15)19-17-9-13-27-20(17)23-14-22-19/h9,13-16,18H,1-8,10-12H2/t18-/m0/s1. The van der Waals surface area contributed by atoms with E-state index in [2.05, 4.69) is 31.2 Å². The van der Waals surface area contributed by atoms with Crippen LogP contribution in [0.15, 0.2) is 17.8 Å². The van der Waals surface area contributed by atoms with Gasteiger partial charge in [-0.25, -0.2) is 9.97 Å². The minimum Gasteiger partial charge on any atom is -0.356 e. The molecule has 3 fully saturated rings. The zero-order valence-electron chi connectivity index (χ0n) is 15.8. The maximum atomic E-state index is 12.9. The highest BCUT2D eigenvalue weighted by Gasteiger charge is 2.39. The fourth-order valence-corrected chi connectivity index (χ4v) is 5.71. The molecule has 0 bridgehead atoms. The van der Waals surface area contributed by atoms with Crippen molar-refractivity contribution >= 4 is 33.3 Å². The molecular formula is C21H28N4OS. The Morgan fingerprint density at radius 2 is 1.85 bits per heavy atom. The van der Waals surface area contributed by atoms with E-state index in [0.29, 0.717) is 23.8 Å². The van der Waals surface area contributed by atoms with Crippen molar-refractivity contribution < 1.29 is 4.79 Å². The number of aromatic nitrogens is 2. The lowest BCUT2D eigenvalue weighted by Crippen LogP contribution is -2.48. The molecule has 5 rings (SSSR count). The predicted molar refractivity (Wildman–Crippen MR) is 109 cm³/mol. The number of piperidine rings is 1. The molecule has 3 aliphatic rings. The fourth-order valence-electron chi connectivity index (χ4n) is 4.99. The maximum Gasteiger partial charge on any atom is 0.225 e. The minimum absolute atomic E-state index is 0.346. The van der Waals surface area contributed by atoms with Gasteiger partial charge in [-0.1, -0.05) is 12.8 Å². The average molecular weight is 385 g/mol. The molecule has 2 aromatic rings. The number of amides is 1. The SMILES string of the molecule is O=C(C1CC1)N1CCCCC[C@H]1C1CCN(c2ncnc3sccc23)CC1. The highest BCUT2D eigenvalue weighted by Crippen LogP contribution is 2.37. The topological polar surface area (TPSA) is 49.3 Å². The number of thiophene rings is 1. The van der Waals surface area contributed by atoms with Crippen LogP contribution in [0.2, 0.25) is 0 Å². The van der Waals surface area contributed by atoms with Crippen molar-refractivity contribution in [3.63, 3.8) is 0 Å². The van der Waals surface area contributed by atoms with Gasteiger partial charge in [-0.05, 0) is 55.9 Å². The van der Waals surface area contributed by atoms with Crippen molar-refractivity contribution in [3.05, 3.63) is 17.8 Å². The molecular weight excluding hydrogens is 356 g/mol. The Kier molecular flexibility index (Phi) is 4.76. The third-order valence-corrected chi connectivity index (χ3v) is 7.45. The lowest BCUT2D eigenvalue weighted by Gasteiger charge is -2.41. The fraction of sp³-hybridized carbons (Fsp3) is 0.667. The number of hydrogen-bond donors (Lipinski definition) is 0. The molecule has 0 aromatic carbocycles. The van der Waals surface area contributed by atoms with Gasteiger partial charge in [-0.2, -0.15) is 0 Å². The van der Waals surface area contributed by atoms with Crippen LogP contribution in [0.4, 0.5) is 5.82 Å². The van der Waals surface area contributed by atoms with Crippen LogP contribution < -0.4 is 4.90 Å². The summed E-state index contributed by atoms with van der Waals surface area (Å²) in [4.78, 5) is 27.6. The van der Waals surface area contributed by atoms with Gasteiger partial charge in [0.25, 0.3) is 0 Å². The zero-order chi connectivity index (χ0) is 18.2. The summed E-state index contributed by atoms with van der Waals surface area (Å²) >= 11 is 1.68. The number of nitrogens with zero attached hydrogens (tertiary/aromatic N) is 4. The van der Waals surface area contributed by atoms with Gasteiger partial charge in [0.1, 0.15) is 17.0 Å². The normalized spacial score (nSPS) is 25.0. The smallest absolute Gasteiger partial charge is 0.225 e. The van der Waals surface area contributed by atoms with Crippen LogP contribution in [0.1, 0.15) is 51.4 Å². The van der Waals surface area contributed by atoms with Crippen molar-refractivity contribution in [2.75, 3.05) is 24.5 Å². The van der Waals surface area contributed by atoms with Gasteiger partial charge in [0.05, 0.1) is 5.39 Å². The molecule has 0 unspecified atom stereocenters. The molecule has 6 heteroatoms. The van der Waals surface area contributed by atoms with E-state index in [-0.39, 0.29) is 0 Å². The van der Waals surface area contributed by atoms with E-state index < -0.39 is 0 Å². The third-order valence-electron chi connectivity index (χ3n) is 6.63. The van der Waals surface area contributed by atoms with E-state index in [0.717, 1.165) is 56.0 Å². The molecule has 4 heterocycles. The Balaban J connectivity index is 1.30. The van der Waals surface area contributed by atoms with Crippen LogP contribution in [0, 0.1) is 11.8 Å². The Hall–Kier alpha value is -1.69. The Morgan fingerprint density at radius 3 is 2.67 bits per heavy atom. The average Bonchev–Trinajstić information content (AvgIpc) is 3.49. The summed E-state index contributed by atoms with van der Waals surface area (Å²) in [5, 5.41) is 3.28. The van der Waals surface area contributed by atoms with E-state index in [1.54, 1.807) is 17.7 Å². The van der Waals surface area contributed by atoms with Gasteiger partial charge in [-0.15, -0.1) is 11.3 Å². The van der Waals surface area contributed by atoms with E-state index in [4.69, 9.17) is 0 Å². The minimum atomic E-state index is 0.346. The zero-order valence-corrected chi connectivity index (χ0v) is 16.7. The van der Waals surface area contributed by atoms with Gasteiger partial charge in [0, 0.05) is 31.6 Å². The lowest BCUT2D eigenvalue weighted by molar-refractivity contribution is -0.136. The van der Waals surface area contributed by atoms with Crippen molar-refractivity contribution in [2.24, 2.45) is 11.8 Å². The molecule has 2 saturated heterocycles. The molecule has 144 valence electrons. The summed E-state index contributed by atoms with van der Waals surface area (Å²) in [6.45, 7) is 3.06. The van der Waals surface area contributed by atoms with E-state index in [1.807, 2.05) is 0 Å². The molecule has 1 atom stereocenters. The predicted octanol–water partition coefficient (Wildman–Crippen LogP) is 4.09. The summed E-state index contributed by atoms with van der Waals surface area (Å²) in [5.74, 6) is 2.53. The van der Waals surface area contributed by atoms with Crippen molar-refractivity contribution in [1.82, 2.24) is 14.9 Å². The summed E-state index contributed by atoms with van der Waals surface area (Å²) in [6.07, 6.45) is 11.2. The number of anilines is 1. The van der Waals surface area contributed by atoms with Gasteiger partial charge < -0.3 is 9.80 Å². The second kappa shape index (κ2) is 7.38.